The molecule has 0 bridgehead atoms. The summed E-state index contributed by atoms with van der Waals surface area (Å²) >= 11 is 3.49. The van der Waals surface area contributed by atoms with Crippen LogP contribution in [0.25, 0.3) is 0 Å². The summed E-state index contributed by atoms with van der Waals surface area (Å²) in [6.45, 7) is 6.99. The lowest BCUT2D eigenvalue weighted by Crippen LogP contribution is -2.46. The van der Waals surface area contributed by atoms with Gasteiger partial charge in [-0.3, -0.25) is 4.79 Å². The van der Waals surface area contributed by atoms with Gasteiger partial charge in [0, 0.05) is 50.1 Å². The molecule has 0 aliphatic heterocycles. The quantitative estimate of drug-likeness (QED) is 0.324. The minimum atomic E-state index is -0.103. The van der Waals surface area contributed by atoms with E-state index in [1.54, 1.807) is 23.9 Å². The minimum Gasteiger partial charge on any atom is -0.345 e. The van der Waals surface area contributed by atoms with Crippen molar-refractivity contribution < 1.29 is 9.59 Å². The number of aromatic nitrogens is 1. The number of halogens is 1. The van der Waals surface area contributed by atoms with Crippen LogP contribution < -0.4 is 0 Å². The van der Waals surface area contributed by atoms with E-state index >= 15 is 0 Å². The SMILES string of the molecule is CCCCCN(CC(=O)N(CCCC)Cc1cccn1Cc1ccc(Br)cc1)C(=O)N(C)C. The molecule has 2 rings (SSSR count). The number of unbranched alkanes of at least 4 members (excludes halogenated alkanes) is 3. The second-order valence-electron chi connectivity index (χ2n) is 8.73. The molecule has 0 saturated carbocycles. The van der Waals surface area contributed by atoms with Crippen LogP contribution in [0.5, 0.6) is 0 Å². The number of hydrogen-bond acceptors (Lipinski definition) is 2. The number of hydrogen-bond donors (Lipinski definition) is 0. The maximum Gasteiger partial charge on any atom is 0.319 e. The summed E-state index contributed by atoms with van der Waals surface area (Å²) in [6.07, 6.45) is 7.06. The molecular weight excluding hydrogens is 480 g/mol. The normalized spacial score (nSPS) is 10.8. The largest absolute Gasteiger partial charge is 0.345 e. The first-order valence-corrected chi connectivity index (χ1v) is 12.8. The molecule has 1 aromatic heterocycles. The number of rotatable bonds is 13. The van der Waals surface area contributed by atoms with Gasteiger partial charge in [-0.25, -0.2) is 4.79 Å². The van der Waals surface area contributed by atoms with E-state index in [0.29, 0.717) is 19.6 Å². The van der Waals surface area contributed by atoms with Gasteiger partial charge in [-0.15, -0.1) is 0 Å². The van der Waals surface area contributed by atoms with Crippen LogP contribution in [0.4, 0.5) is 4.79 Å². The fraction of sp³-hybridized carbons (Fsp3) is 0.538. The fourth-order valence-corrected chi connectivity index (χ4v) is 3.98. The van der Waals surface area contributed by atoms with Crippen molar-refractivity contribution in [3.05, 3.63) is 58.3 Å². The summed E-state index contributed by atoms with van der Waals surface area (Å²) in [4.78, 5) is 31.2. The zero-order valence-electron chi connectivity index (χ0n) is 20.6. The van der Waals surface area contributed by atoms with Crippen LogP contribution in [-0.2, 0) is 17.9 Å². The highest BCUT2D eigenvalue weighted by molar-refractivity contribution is 9.10. The molecule has 1 heterocycles. The van der Waals surface area contributed by atoms with Gasteiger partial charge in [0.25, 0.3) is 0 Å². The maximum absolute atomic E-state index is 13.4. The number of nitrogens with zero attached hydrogens (tertiary/aromatic N) is 4. The standard InChI is InChI=1S/C26H39BrN4O2/c1-5-7-9-17-31(26(33)28(3)4)21-25(32)30(16-8-6-2)20-24-11-10-18-29(24)19-22-12-14-23(27)15-13-22/h10-15,18H,5-9,16-17,19-21H2,1-4H3. The summed E-state index contributed by atoms with van der Waals surface area (Å²) in [5, 5.41) is 0. The molecule has 0 N–H and O–H groups in total. The first kappa shape index (κ1) is 27.0. The minimum absolute atomic E-state index is 0.00606. The number of carbonyl (C=O) groups excluding carboxylic acids is 2. The smallest absolute Gasteiger partial charge is 0.319 e. The van der Waals surface area contributed by atoms with Gasteiger partial charge in [0.05, 0.1) is 6.54 Å². The summed E-state index contributed by atoms with van der Waals surface area (Å²) < 4.78 is 3.26. The summed E-state index contributed by atoms with van der Waals surface area (Å²) in [5.41, 5.74) is 2.31. The highest BCUT2D eigenvalue weighted by Gasteiger charge is 2.23. The van der Waals surface area contributed by atoms with Crippen LogP contribution in [-0.4, -0.2) is 64.9 Å². The van der Waals surface area contributed by atoms with E-state index in [1.807, 2.05) is 23.1 Å². The zero-order valence-corrected chi connectivity index (χ0v) is 22.2. The van der Waals surface area contributed by atoms with Crippen molar-refractivity contribution in [1.29, 1.82) is 0 Å². The van der Waals surface area contributed by atoms with Crippen LogP contribution >= 0.6 is 15.9 Å². The van der Waals surface area contributed by atoms with E-state index < -0.39 is 0 Å². The predicted octanol–water partition coefficient (Wildman–Crippen LogP) is 5.60. The second kappa shape index (κ2) is 14.1. The predicted molar refractivity (Wildman–Crippen MR) is 138 cm³/mol. The van der Waals surface area contributed by atoms with E-state index in [-0.39, 0.29) is 18.5 Å². The van der Waals surface area contributed by atoms with E-state index in [9.17, 15) is 9.59 Å². The lowest BCUT2D eigenvalue weighted by molar-refractivity contribution is -0.132. The van der Waals surface area contributed by atoms with Gasteiger partial charge < -0.3 is 19.3 Å². The van der Waals surface area contributed by atoms with Gasteiger partial charge in [0.15, 0.2) is 0 Å². The van der Waals surface area contributed by atoms with Crippen molar-refractivity contribution in [1.82, 2.24) is 19.3 Å². The zero-order chi connectivity index (χ0) is 24.2. The van der Waals surface area contributed by atoms with E-state index in [0.717, 1.165) is 48.8 Å². The Morgan fingerprint density at radius 3 is 2.21 bits per heavy atom. The Morgan fingerprint density at radius 2 is 1.58 bits per heavy atom. The Bertz CT molecular complexity index is 863. The van der Waals surface area contributed by atoms with Crippen molar-refractivity contribution in [3.8, 4) is 0 Å². The van der Waals surface area contributed by atoms with Gasteiger partial charge in [0.2, 0.25) is 5.91 Å². The molecule has 1 aromatic carbocycles. The lowest BCUT2D eigenvalue weighted by atomic mass is 10.2. The molecule has 0 radical (unpaired) electrons. The molecular formula is C26H39BrN4O2. The first-order valence-electron chi connectivity index (χ1n) is 12.0. The maximum atomic E-state index is 13.4. The lowest BCUT2D eigenvalue weighted by Gasteiger charge is -2.29. The summed E-state index contributed by atoms with van der Waals surface area (Å²) in [7, 11) is 3.48. The van der Waals surface area contributed by atoms with Gasteiger partial charge >= 0.3 is 6.03 Å². The molecule has 0 spiro atoms. The van der Waals surface area contributed by atoms with E-state index in [2.05, 4.69) is 58.7 Å². The fourth-order valence-electron chi connectivity index (χ4n) is 3.71. The number of carbonyl (C=O) groups is 2. The molecule has 7 heteroatoms. The molecule has 33 heavy (non-hydrogen) atoms. The van der Waals surface area contributed by atoms with E-state index in [1.165, 1.54) is 5.56 Å². The number of benzene rings is 1. The molecule has 0 atom stereocenters. The highest BCUT2D eigenvalue weighted by atomic mass is 79.9. The van der Waals surface area contributed by atoms with Crippen LogP contribution in [0.15, 0.2) is 47.1 Å². The van der Waals surface area contributed by atoms with Crippen molar-refractivity contribution >= 4 is 27.9 Å². The summed E-state index contributed by atoms with van der Waals surface area (Å²) in [5.74, 6) is 0.00606. The molecule has 182 valence electrons. The molecule has 2 aromatic rings. The Balaban J connectivity index is 2.13. The van der Waals surface area contributed by atoms with Crippen molar-refractivity contribution in [2.45, 2.75) is 59.0 Å². The topological polar surface area (TPSA) is 48.8 Å². The van der Waals surface area contributed by atoms with Crippen molar-refractivity contribution in [2.75, 3.05) is 33.7 Å². The molecule has 6 nitrogen and oxygen atoms in total. The summed E-state index contributed by atoms with van der Waals surface area (Å²) in [6, 6.07) is 12.3. The van der Waals surface area contributed by atoms with Crippen LogP contribution in [0.3, 0.4) is 0 Å². The van der Waals surface area contributed by atoms with Crippen molar-refractivity contribution in [3.63, 3.8) is 0 Å². The average molecular weight is 520 g/mol. The third-order valence-electron chi connectivity index (χ3n) is 5.69. The Labute approximate surface area is 207 Å². The average Bonchev–Trinajstić information content (AvgIpc) is 3.23. The molecule has 0 unspecified atom stereocenters. The van der Waals surface area contributed by atoms with Gasteiger partial charge in [-0.2, -0.15) is 0 Å². The van der Waals surface area contributed by atoms with Gasteiger partial charge in [-0.1, -0.05) is 61.2 Å². The van der Waals surface area contributed by atoms with Crippen molar-refractivity contribution in [2.24, 2.45) is 0 Å². The van der Waals surface area contributed by atoms with Gasteiger partial charge in [-0.05, 0) is 42.7 Å². The van der Waals surface area contributed by atoms with Crippen LogP contribution in [0.2, 0.25) is 0 Å². The second-order valence-corrected chi connectivity index (χ2v) is 9.64. The molecule has 0 aliphatic carbocycles. The van der Waals surface area contributed by atoms with Crippen LogP contribution in [0.1, 0.15) is 57.2 Å². The Hall–Kier alpha value is -2.28. The molecule has 0 saturated heterocycles. The van der Waals surface area contributed by atoms with E-state index in [4.69, 9.17) is 0 Å². The Kier molecular flexibility index (Phi) is 11.5. The third-order valence-corrected chi connectivity index (χ3v) is 6.22. The number of amides is 3. The molecule has 0 fully saturated rings. The molecule has 0 aliphatic rings. The Morgan fingerprint density at radius 1 is 0.909 bits per heavy atom. The number of urea groups is 1. The third kappa shape index (κ3) is 8.88. The first-order chi connectivity index (χ1) is 15.8. The van der Waals surface area contributed by atoms with Crippen LogP contribution in [0, 0.1) is 0 Å². The highest BCUT2D eigenvalue weighted by Crippen LogP contribution is 2.15. The molecule has 3 amide bonds. The van der Waals surface area contributed by atoms with Gasteiger partial charge in [0.1, 0.15) is 6.54 Å². The monoisotopic (exact) mass is 518 g/mol.